The first kappa shape index (κ1) is 16.7. The Morgan fingerprint density at radius 2 is 2.17 bits per heavy atom. The van der Waals surface area contributed by atoms with Gasteiger partial charge in [-0.15, -0.1) is 0 Å². The molecule has 0 aromatic carbocycles. The summed E-state index contributed by atoms with van der Waals surface area (Å²) in [5.74, 6) is 0.0833. The number of esters is 1. The summed E-state index contributed by atoms with van der Waals surface area (Å²) in [6.45, 7) is 5.89. The van der Waals surface area contributed by atoms with Crippen molar-refractivity contribution in [3.05, 3.63) is 23.6 Å². The summed E-state index contributed by atoms with van der Waals surface area (Å²) in [6, 6.07) is 0.0682. The number of nitrogens with two attached hydrogens (primary N) is 1. The number of halogens is 1. The molecule has 24 heavy (non-hydrogen) atoms. The fourth-order valence-electron chi connectivity index (χ4n) is 2.62. The normalized spacial score (nSPS) is 20.7. The van der Waals surface area contributed by atoms with Crippen molar-refractivity contribution < 1.29 is 9.53 Å². The molecule has 0 bridgehead atoms. The van der Waals surface area contributed by atoms with Crippen LogP contribution in [-0.4, -0.2) is 32.1 Å². The van der Waals surface area contributed by atoms with Crippen LogP contribution in [0.2, 0.25) is 5.15 Å². The van der Waals surface area contributed by atoms with Crippen molar-refractivity contribution in [2.75, 3.05) is 12.3 Å². The van der Waals surface area contributed by atoms with Crippen molar-refractivity contribution >= 4 is 34.7 Å². The van der Waals surface area contributed by atoms with E-state index in [2.05, 4.69) is 27.1 Å². The maximum atomic E-state index is 11.9. The number of carbonyl (C=O) groups is 1. The summed E-state index contributed by atoms with van der Waals surface area (Å²) in [5.41, 5.74) is 6.32. The molecule has 1 aliphatic carbocycles. The summed E-state index contributed by atoms with van der Waals surface area (Å²) < 4.78 is 7.32. The molecule has 0 spiro atoms. The number of nitrogen functional groups attached to an aromatic ring is 1. The van der Waals surface area contributed by atoms with E-state index in [1.54, 1.807) is 6.33 Å². The summed E-state index contributed by atoms with van der Waals surface area (Å²) in [5, 5.41) is 0.244. The zero-order chi connectivity index (χ0) is 17.5. The van der Waals surface area contributed by atoms with Gasteiger partial charge in [0.05, 0.1) is 24.4 Å². The number of imidazole rings is 1. The van der Waals surface area contributed by atoms with Gasteiger partial charge in [-0.2, -0.15) is 9.97 Å². The monoisotopic (exact) mass is 349 g/mol. The van der Waals surface area contributed by atoms with E-state index in [4.69, 9.17) is 22.1 Å². The number of carbonyl (C=O) groups excluding carboxylic acids is 1. The van der Waals surface area contributed by atoms with Gasteiger partial charge in [-0.05, 0) is 27.2 Å². The van der Waals surface area contributed by atoms with E-state index in [0.717, 1.165) is 6.42 Å². The van der Waals surface area contributed by atoms with Gasteiger partial charge in [0, 0.05) is 5.92 Å². The second-order valence-electron chi connectivity index (χ2n) is 6.99. The van der Waals surface area contributed by atoms with E-state index >= 15 is 0 Å². The Morgan fingerprint density at radius 1 is 1.42 bits per heavy atom. The molecule has 1 aliphatic rings. The van der Waals surface area contributed by atoms with Gasteiger partial charge in [-0.1, -0.05) is 23.8 Å². The number of hydrogen-bond donors (Lipinski definition) is 1. The highest BCUT2D eigenvalue weighted by atomic mass is 35.5. The predicted molar refractivity (Wildman–Crippen MR) is 91.4 cm³/mol. The number of anilines is 1. The first-order valence-corrected chi connectivity index (χ1v) is 8.14. The summed E-state index contributed by atoms with van der Waals surface area (Å²) in [4.78, 5) is 24.3. The number of ether oxygens (including phenoxy) is 1. The molecule has 0 aliphatic heterocycles. The van der Waals surface area contributed by atoms with Crippen molar-refractivity contribution in [1.29, 1.82) is 0 Å². The number of hydrogen-bond acceptors (Lipinski definition) is 6. The van der Waals surface area contributed by atoms with Gasteiger partial charge in [-0.3, -0.25) is 4.79 Å². The molecular weight excluding hydrogens is 330 g/mol. The van der Waals surface area contributed by atoms with E-state index in [1.165, 1.54) is 0 Å². The first-order chi connectivity index (χ1) is 11.3. The van der Waals surface area contributed by atoms with Crippen LogP contribution in [0.1, 0.15) is 33.2 Å². The highest BCUT2D eigenvalue weighted by Crippen LogP contribution is 2.32. The van der Waals surface area contributed by atoms with E-state index in [-0.39, 0.29) is 29.0 Å². The zero-order valence-corrected chi connectivity index (χ0v) is 14.6. The van der Waals surface area contributed by atoms with E-state index < -0.39 is 5.41 Å². The lowest BCUT2D eigenvalue weighted by atomic mass is 9.97. The maximum Gasteiger partial charge on any atom is 0.311 e. The summed E-state index contributed by atoms with van der Waals surface area (Å²) in [7, 11) is 0. The molecule has 2 aromatic rings. The van der Waals surface area contributed by atoms with Crippen molar-refractivity contribution in [3.8, 4) is 0 Å². The fraction of sp³-hybridized carbons (Fsp3) is 0.500. The lowest BCUT2D eigenvalue weighted by molar-refractivity contribution is -0.153. The Morgan fingerprint density at radius 3 is 2.88 bits per heavy atom. The SMILES string of the molecule is CC(C)(C)C(=O)OC[C@@H]1C=C[C@H](n2cnc3c(Cl)nc(N)nc32)C1. The summed E-state index contributed by atoms with van der Waals surface area (Å²) >= 11 is 6.06. The van der Waals surface area contributed by atoms with Crippen LogP contribution < -0.4 is 5.73 Å². The highest BCUT2D eigenvalue weighted by Gasteiger charge is 2.27. The van der Waals surface area contributed by atoms with Crippen LogP contribution in [0.25, 0.3) is 11.2 Å². The van der Waals surface area contributed by atoms with E-state index in [9.17, 15) is 4.79 Å². The van der Waals surface area contributed by atoms with Gasteiger partial charge in [0.25, 0.3) is 0 Å². The highest BCUT2D eigenvalue weighted by molar-refractivity contribution is 6.33. The lowest BCUT2D eigenvalue weighted by Gasteiger charge is -2.19. The molecule has 0 radical (unpaired) electrons. The fourth-order valence-corrected chi connectivity index (χ4v) is 2.84. The third-order valence-electron chi connectivity index (χ3n) is 3.94. The van der Waals surface area contributed by atoms with E-state index in [0.29, 0.717) is 17.8 Å². The van der Waals surface area contributed by atoms with Gasteiger partial charge in [-0.25, -0.2) is 4.98 Å². The topological polar surface area (TPSA) is 95.9 Å². The minimum atomic E-state index is -0.493. The van der Waals surface area contributed by atoms with Gasteiger partial charge in [0.2, 0.25) is 5.95 Å². The zero-order valence-electron chi connectivity index (χ0n) is 13.9. The Labute approximate surface area is 144 Å². The lowest BCUT2D eigenvalue weighted by Crippen LogP contribution is -2.25. The summed E-state index contributed by atoms with van der Waals surface area (Å²) in [6.07, 6.45) is 6.59. The predicted octanol–water partition coefficient (Wildman–Crippen LogP) is 2.77. The Balaban J connectivity index is 1.71. The molecule has 0 saturated heterocycles. The second-order valence-corrected chi connectivity index (χ2v) is 7.35. The van der Waals surface area contributed by atoms with Crippen LogP contribution >= 0.6 is 11.6 Å². The molecule has 0 amide bonds. The number of fused-ring (bicyclic) bond motifs is 1. The molecule has 8 heteroatoms. The average Bonchev–Trinajstić information content (AvgIpc) is 3.09. The Bertz CT molecular complexity index is 809. The second kappa shape index (κ2) is 6.05. The van der Waals surface area contributed by atoms with Crippen molar-refractivity contribution in [3.63, 3.8) is 0 Å². The number of aromatic nitrogens is 4. The Kier molecular flexibility index (Phi) is 4.21. The van der Waals surface area contributed by atoms with Crippen molar-refractivity contribution in [1.82, 2.24) is 19.5 Å². The third-order valence-corrected chi connectivity index (χ3v) is 4.21. The molecule has 0 fully saturated rings. The number of allylic oxidation sites excluding steroid dienone is 1. The van der Waals surface area contributed by atoms with Crippen molar-refractivity contribution in [2.24, 2.45) is 11.3 Å². The quantitative estimate of drug-likeness (QED) is 0.520. The maximum absolute atomic E-state index is 11.9. The molecule has 128 valence electrons. The standard InChI is InChI=1S/C16H20ClN5O2/c1-16(2,3)14(23)24-7-9-4-5-10(6-9)22-8-19-11-12(17)20-15(18)21-13(11)22/h4-5,8-10H,6-7H2,1-3H3,(H2,18,20,21)/t9-,10+/m1/s1. The van der Waals surface area contributed by atoms with Gasteiger partial charge < -0.3 is 15.0 Å². The van der Waals surface area contributed by atoms with Crippen LogP contribution in [0, 0.1) is 11.3 Å². The van der Waals surface area contributed by atoms with Crippen LogP contribution in [0.3, 0.4) is 0 Å². The van der Waals surface area contributed by atoms with Crippen LogP contribution in [0.15, 0.2) is 18.5 Å². The average molecular weight is 350 g/mol. The third kappa shape index (κ3) is 3.21. The van der Waals surface area contributed by atoms with Crippen LogP contribution in [0.4, 0.5) is 5.95 Å². The molecule has 0 unspecified atom stereocenters. The molecule has 2 atom stereocenters. The molecule has 3 rings (SSSR count). The van der Waals surface area contributed by atoms with Gasteiger partial charge in [0.1, 0.15) is 5.52 Å². The molecule has 2 aromatic heterocycles. The van der Waals surface area contributed by atoms with Crippen molar-refractivity contribution in [2.45, 2.75) is 33.2 Å². The largest absolute Gasteiger partial charge is 0.465 e. The molecule has 0 saturated carbocycles. The van der Waals surface area contributed by atoms with Gasteiger partial charge >= 0.3 is 5.97 Å². The van der Waals surface area contributed by atoms with Crippen LogP contribution in [-0.2, 0) is 9.53 Å². The molecular formula is C16H20ClN5O2. The number of rotatable bonds is 3. The smallest absolute Gasteiger partial charge is 0.311 e. The van der Waals surface area contributed by atoms with Crippen LogP contribution in [0.5, 0.6) is 0 Å². The Hall–Kier alpha value is -2.15. The first-order valence-electron chi connectivity index (χ1n) is 7.77. The molecule has 7 nitrogen and oxygen atoms in total. The minimum absolute atomic E-state index is 0.0682. The number of nitrogens with zero attached hydrogens (tertiary/aromatic N) is 4. The van der Waals surface area contributed by atoms with Gasteiger partial charge in [0.15, 0.2) is 10.8 Å². The van der Waals surface area contributed by atoms with E-state index in [1.807, 2.05) is 25.3 Å². The molecule has 2 N–H and O–H groups in total. The minimum Gasteiger partial charge on any atom is -0.465 e. The molecule has 2 heterocycles.